The van der Waals surface area contributed by atoms with E-state index in [1.807, 2.05) is 37.8 Å². The van der Waals surface area contributed by atoms with Gasteiger partial charge in [-0.25, -0.2) is 4.79 Å². The summed E-state index contributed by atoms with van der Waals surface area (Å²) in [6, 6.07) is 5.76. The van der Waals surface area contributed by atoms with Crippen LogP contribution in [0.4, 0.5) is 4.79 Å². The molecule has 28 heavy (non-hydrogen) atoms. The molecule has 3 rings (SSSR count). The van der Waals surface area contributed by atoms with Gasteiger partial charge >= 0.3 is 6.09 Å². The van der Waals surface area contributed by atoms with Crippen molar-refractivity contribution in [3.63, 3.8) is 0 Å². The molecule has 2 saturated heterocycles. The maximum atomic E-state index is 13.0. The summed E-state index contributed by atoms with van der Waals surface area (Å²) < 4.78 is 16.2. The van der Waals surface area contributed by atoms with E-state index in [9.17, 15) is 9.59 Å². The molecule has 154 valence electrons. The van der Waals surface area contributed by atoms with Gasteiger partial charge in [-0.1, -0.05) is 0 Å². The fourth-order valence-corrected chi connectivity index (χ4v) is 4.37. The molecule has 0 saturated carbocycles. The van der Waals surface area contributed by atoms with Gasteiger partial charge in [0.2, 0.25) is 0 Å². The van der Waals surface area contributed by atoms with Gasteiger partial charge in [0, 0.05) is 30.5 Å². The molecule has 6 nitrogen and oxygen atoms in total. The molecule has 0 aliphatic carbocycles. The Morgan fingerprint density at radius 3 is 2.00 bits per heavy atom. The number of hydrogen-bond donors (Lipinski definition) is 0. The highest BCUT2D eigenvalue weighted by molar-refractivity contribution is 5.84. The number of hydrogen-bond acceptors (Lipinski definition) is 5. The van der Waals surface area contributed by atoms with Crippen LogP contribution in [0.5, 0.6) is 11.5 Å². The lowest BCUT2D eigenvalue weighted by Crippen LogP contribution is -2.49. The molecule has 2 atom stereocenters. The molecule has 2 fully saturated rings. The summed E-state index contributed by atoms with van der Waals surface area (Å²) in [6.07, 6.45) is 3.43. The Bertz CT molecular complexity index is 703. The second-order valence-electron chi connectivity index (χ2n) is 8.80. The van der Waals surface area contributed by atoms with E-state index in [0.29, 0.717) is 17.9 Å². The van der Waals surface area contributed by atoms with E-state index < -0.39 is 5.60 Å². The highest BCUT2D eigenvalue weighted by atomic mass is 16.6. The third kappa shape index (κ3) is 4.59. The first kappa shape index (κ1) is 20.5. The van der Waals surface area contributed by atoms with Crippen molar-refractivity contribution < 1.29 is 23.8 Å². The number of methoxy groups -OCH3 is 2. The van der Waals surface area contributed by atoms with Crippen LogP contribution in [0, 0.1) is 5.92 Å². The smallest absolute Gasteiger partial charge is 0.410 e. The lowest BCUT2D eigenvalue weighted by molar-refractivity contribution is -0.124. The fourth-order valence-electron chi connectivity index (χ4n) is 4.37. The van der Waals surface area contributed by atoms with Gasteiger partial charge in [-0.15, -0.1) is 0 Å². The summed E-state index contributed by atoms with van der Waals surface area (Å²) in [5.74, 6) is 1.56. The molecular formula is C22H31NO5. The largest absolute Gasteiger partial charge is 0.497 e. The highest BCUT2D eigenvalue weighted by Gasteiger charge is 2.46. The Balaban J connectivity index is 1.66. The first-order valence-corrected chi connectivity index (χ1v) is 9.96. The number of rotatable bonds is 5. The zero-order valence-electron chi connectivity index (χ0n) is 17.5. The maximum Gasteiger partial charge on any atom is 0.410 e. The van der Waals surface area contributed by atoms with Gasteiger partial charge < -0.3 is 19.1 Å². The van der Waals surface area contributed by atoms with Crippen LogP contribution in [0.25, 0.3) is 0 Å². The second-order valence-corrected chi connectivity index (χ2v) is 8.80. The van der Waals surface area contributed by atoms with Gasteiger partial charge in [-0.3, -0.25) is 4.79 Å². The molecule has 1 aromatic rings. The Labute approximate surface area is 167 Å². The Kier molecular flexibility index (Phi) is 5.87. The lowest BCUT2D eigenvalue weighted by Gasteiger charge is -2.39. The number of fused-ring (bicyclic) bond motifs is 2. The Morgan fingerprint density at radius 2 is 1.54 bits per heavy atom. The molecule has 0 N–H and O–H groups in total. The molecule has 2 heterocycles. The van der Waals surface area contributed by atoms with Crippen LogP contribution in [0.15, 0.2) is 18.2 Å². The molecule has 2 aliphatic rings. The standard InChI is InChI=1S/C22H31NO5/c1-22(2,3)28-21(25)23-16-6-7-17(23)12-15(11-16)20(24)10-14-8-18(26-4)13-19(9-14)27-5/h8-9,13,15-17H,6-7,10-12H2,1-5H3. The van der Waals surface area contributed by atoms with Crippen molar-refractivity contribution in [2.75, 3.05) is 14.2 Å². The van der Waals surface area contributed by atoms with Gasteiger partial charge in [0.1, 0.15) is 22.9 Å². The number of carbonyl (C=O) groups is 2. The van der Waals surface area contributed by atoms with Crippen molar-refractivity contribution in [1.82, 2.24) is 4.90 Å². The molecule has 1 amide bonds. The fraction of sp³-hybridized carbons (Fsp3) is 0.636. The summed E-state index contributed by atoms with van der Waals surface area (Å²) in [5.41, 5.74) is 0.386. The number of Topliss-reactive ketones (excluding diaryl/α,β-unsaturated/α-hetero) is 1. The third-order valence-corrected chi connectivity index (χ3v) is 5.58. The quantitative estimate of drug-likeness (QED) is 0.762. The van der Waals surface area contributed by atoms with Crippen LogP contribution in [0.2, 0.25) is 0 Å². The topological polar surface area (TPSA) is 65.1 Å². The molecule has 6 heteroatoms. The van der Waals surface area contributed by atoms with Crippen molar-refractivity contribution in [3.8, 4) is 11.5 Å². The van der Waals surface area contributed by atoms with Crippen molar-refractivity contribution in [1.29, 1.82) is 0 Å². The van der Waals surface area contributed by atoms with Crippen molar-refractivity contribution in [2.45, 2.75) is 70.6 Å². The minimum absolute atomic E-state index is 0.0200. The van der Waals surface area contributed by atoms with Gasteiger partial charge in [0.05, 0.1) is 14.2 Å². The zero-order valence-corrected chi connectivity index (χ0v) is 17.5. The molecule has 0 spiro atoms. The average Bonchev–Trinajstić information content (AvgIpc) is 2.89. The predicted octanol–water partition coefficient (Wildman–Crippen LogP) is 3.99. The van der Waals surface area contributed by atoms with E-state index in [1.165, 1.54) is 0 Å². The van der Waals surface area contributed by atoms with Crippen LogP contribution < -0.4 is 9.47 Å². The number of amides is 1. The summed E-state index contributed by atoms with van der Waals surface area (Å²) in [5, 5.41) is 0. The monoisotopic (exact) mass is 389 g/mol. The van der Waals surface area contributed by atoms with Crippen LogP contribution in [-0.2, 0) is 16.0 Å². The van der Waals surface area contributed by atoms with Crippen LogP contribution in [-0.4, -0.2) is 48.7 Å². The van der Waals surface area contributed by atoms with Crippen LogP contribution in [0.1, 0.15) is 52.0 Å². The molecule has 2 bridgehead atoms. The number of piperidine rings is 1. The normalized spacial score (nSPS) is 24.0. The van der Waals surface area contributed by atoms with E-state index in [2.05, 4.69) is 0 Å². The zero-order chi connectivity index (χ0) is 20.5. The van der Waals surface area contributed by atoms with Crippen LogP contribution in [0.3, 0.4) is 0 Å². The van der Waals surface area contributed by atoms with E-state index in [-0.39, 0.29) is 29.9 Å². The summed E-state index contributed by atoms with van der Waals surface area (Å²) in [6.45, 7) is 5.64. The molecule has 2 unspecified atom stereocenters. The van der Waals surface area contributed by atoms with Crippen molar-refractivity contribution >= 4 is 11.9 Å². The SMILES string of the molecule is COc1cc(CC(=O)C2CC3CCC(C2)N3C(=O)OC(C)(C)C)cc(OC)c1. The van der Waals surface area contributed by atoms with E-state index in [0.717, 1.165) is 31.2 Å². The summed E-state index contributed by atoms with van der Waals surface area (Å²) in [7, 11) is 3.20. The Hall–Kier alpha value is -2.24. The minimum Gasteiger partial charge on any atom is -0.497 e. The summed E-state index contributed by atoms with van der Waals surface area (Å²) in [4.78, 5) is 27.4. The van der Waals surface area contributed by atoms with Crippen molar-refractivity contribution in [2.24, 2.45) is 5.92 Å². The van der Waals surface area contributed by atoms with Gasteiger partial charge in [-0.05, 0) is 64.2 Å². The second kappa shape index (κ2) is 8.02. The highest BCUT2D eigenvalue weighted by Crippen LogP contribution is 2.40. The van der Waals surface area contributed by atoms with Gasteiger partial charge in [0.25, 0.3) is 0 Å². The average molecular weight is 389 g/mol. The first-order chi connectivity index (χ1) is 13.2. The molecule has 2 aliphatic heterocycles. The van der Waals surface area contributed by atoms with E-state index >= 15 is 0 Å². The number of ketones is 1. The number of nitrogens with zero attached hydrogens (tertiary/aromatic N) is 1. The third-order valence-electron chi connectivity index (χ3n) is 5.58. The number of benzene rings is 1. The summed E-state index contributed by atoms with van der Waals surface area (Å²) >= 11 is 0. The van der Waals surface area contributed by atoms with Gasteiger partial charge in [-0.2, -0.15) is 0 Å². The molecule has 1 aromatic carbocycles. The molecule has 0 aromatic heterocycles. The van der Waals surface area contributed by atoms with Gasteiger partial charge in [0.15, 0.2) is 0 Å². The lowest BCUT2D eigenvalue weighted by atomic mass is 9.85. The Morgan fingerprint density at radius 1 is 1.00 bits per heavy atom. The van der Waals surface area contributed by atoms with E-state index in [4.69, 9.17) is 14.2 Å². The molecule has 0 radical (unpaired) electrons. The minimum atomic E-state index is -0.505. The number of carbonyl (C=O) groups excluding carboxylic acids is 2. The van der Waals surface area contributed by atoms with Crippen molar-refractivity contribution in [3.05, 3.63) is 23.8 Å². The van der Waals surface area contributed by atoms with E-state index in [1.54, 1.807) is 20.3 Å². The van der Waals surface area contributed by atoms with Crippen LogP contribution >= 0.6 is 0 Å². The molecular weight excluding hydrogens is 358 g/mol. The number of ether oxygens (including phenoxy) is 3. The predicted molar refractivity (Wildman–Crippen MR) is 106 cm³/mol. The first-order valence-electron chi connectivity index (χ1n) is 9.96. The maximum absolute atomic E-state index is 13.0.